The minimum atomic E-state index is -0.249. The molecule has 0 spiro atoms. The Bertz CT molecular complexity index is 341. The Labute approximate surface area is 110 Å². The summed E-state index contributed by atoms with van der Waals surface area (Å²) in [6.07, 6.45) is 7.76. The highest BCUT2D eigenvalue weighted by Crippen LogP contribution is 2.28. The third-order valence-electron chi connectivity index (χ3n) is 3.43. The molecule has 0 radical (unpaired) electrons. The van der Waals surface area contributed by atoms with E-state index in [-0.39, 0.29) is 11.9 Å². The maximum Gasteiger partial charge on any atom is 0.141 e. The van der Waals surface area contributed by atoms with Crippen molar-refractivity contribution in [3.8, 4) is 0 Å². The Hall–Kier alpha value is -0.960. The Morgan fingerprint density at radius 1 is 1.28 bits per heavy atom. The third-order valence-corrected chi connectivity index (χ3v) is 3.43. The van der Waals surface area contributed by atoms with Gasteiger partial charge in [0.25, 0.3) is 0 Å². The first-order valence-corrected chi connectivity index (χ1v) is 7.06. The molecule has 0 aromatic carbocycles. The van der Waals surface area contributed by atoms with Crippen molar-refractivity contribution in [1.82, 2.24) is 10.3 Å². The summed E-state index contributed by atoms with van der Waals surface area (Å²) in [4.78, 5) is 3.97. The summed E-state index contributed by atoms with van der Waals surface area (Å²) in [7, 11) is 0. The Balaban J connectivity index is 2.85. The van der Waals surface area contributed by atoms with Crippen molar-refractivity contribution in [3.05, 3.63) is 29.8 Å². The predicted octanol–water partition coefficient (Wildman–Crippen LogP) is 4.09. The molecule has 2 atom stereocenters. The van der Waals surface area contributed by atoms with Gasteiger partial charge in [-0.2, -0.15) is 0 Å². The van der Waals surface area contributed by atoms with Gasteiger partial charge in [0.1, 0.15) is 5.82 Å². The van der Waals surface area contributed by atoms with Crippen LogP contribution in [-0.2, 0) is 0 Å². The molecule has 0 saturated carbocycles. The van der Waals surface area contributed by atoms with Gasteiger partial charge in [-0.05, 0) is 30.5 Å². The molecule has 2 unspecified atom stereocenters. The minimum Gasteiger partial charge on any atom is -0.310 e. The highest BCUT2D eigenvalue weighted by Gasteiger charge is 2.21. The second-order valence-corrected chi connectivity index (χ2v) is 4.78. The zero-order valence-corrected chi connectivity index (χ0v) is 11.7. The van der Waals surface area contributed by atoms with Crippen LogP contribution in [0.5, 0.6) is 0 Å². The topological polar surface area (TPSA) is 24.9 Å². The van der Waals surface area contributed by atoms with E-state index in [9.17, 15) is 4.39 Å². The molecule has 0 aliphatic carbocycles. The van der Waals surface area contributed by atoms with E-state index < -0.39 is 0 Å². The summed E-state index contributed by atoms with van der Waals surface area (Å²) in [6, 6.07) is 1.82. The van der Waals surface area contributed by atoms with E-state index in [0.29, 0.717) is 5.92 Å². The van der Waals surface area contributed by atoms with Crippen LogP contribution in [-0.4, -0.2) is 11.5 Å². The van der Waals surface area contributed by atoms with Crippen LogP contribution >= 0.6 is 0 Å². The van der Waals surface area contributed by atoms with Crippen LogP contribution in [0.3, 0.4) is 0 Å². The van der Waals surface area contributed by atoms with E-state index in [0.717, 1.165) is 18.5 Å². The van der Waals surface area contributed by atoms with E-state index in [2.05, 4.69) is 31.1 Å². The summed E-state index contributed by atoms with van der Waals surface area (Å²) in [5.41, 5.74) is 0.972. The van der Waals surface area contributed by atoms with Crippen LogP contribution in [0.15, 0.2) is 18.5 Å². The number of pyridine rings is 1. The van der Waals surface area contributed by atoms with Crippen molar-refractivity contribution in [3.63, 3.8) is 0 Å². The summed E-state index contributed by atoms with van der Waals surface area (Å²) in [5.74, 6) is 0.300. The Kier molecular flexibility index (Phi) is 6.88. The van der Waals surface area contributed by atoms with Gasteiger partial charge >= 0.3 is 0 Å². The van der Waals surface area contributed by atoms with Crippen LogP contribution in [0.2, 0.25) is 0 Å². The SMILES string of the molecule is CCCCC(CC)C(NCC)c1cncc(F)c1. The van der Waals surface area contributed by atoms with Crippen LogP contribution in [0, 0.1) is 11.7 Å². The number of unbranched alkanes of at least 4 members (excludes halogenated alkanes) is 1. The molecule has 3 heteroatoms. The minimum absolute atomic E-state index is 0.217. The number of rotatable bonds is 8. The van der Waals surface area contributed by atoms with Gasteiger partial charge in [0.05, 0.1) is 6.20 Å². The molecule has 2 nitrogen and oxygen atoms in total. The first kappa shape index (κ1) is 15.1. The third kappa shape index (κ3) is 4.37. The highest BCUT2D eigenvalue weighted by molar-refractivity contribution is 5.16. The van der Waals surface area contributed by atoms with E-state index in [1.165, 1.54) is 25.5 Å². The molecule has 1 heterocycles. The lowest BCUT2D eigenvalue weighted by Crippen LogP contribution is -2.28. The molecule has 102 valence electrons. The smallest absolute Gasteiger partial charge is 0.141 e. The molecule has 0 saturated heterocycles. The summed E-state index contributed by atoms with van der Waals surface area (Å²) >= 11 is 0. The molecule has 1 aromatic heterocycles. The summed E-state index contributed by atoms with van der Waals surface area (Å²) < 4.78 is 13.3. The summed E-state index contributed by atoms with van der Waals surface area (Å²) in [6.45, 7) is 7.40. The molecule has 18 heavy (non-hydrogen) atoms. The van der Waals surface area contributed by atoms with Crippen molar-refractivity contribution in [2.45, 2.75) is 52.5 Å². The van der Waals surface area contributed by atoms with Gasteiger partial charge < -0.3 is 5.32 Å². The zero-order valence-electron chi connectivity index (χ0n) is 11.7. The van der Waals surface area contributed by atoms with Crippen molar-refractivity contribution in [2.75, 3.05) is 6.54 Å². The van der Waals surface area contributed by atoms with Gasteiger partial charge in [0.2, 0.25) is 0 Å². The van der Waals surface area contributed by atoms with Crippen LogP contribution < -0.4 is 5.32 Å². The second-order valence-electron chi connectivity index (χ2n) is 4.78. The predicted molar refractivity (Wildman–Crippen MR) is 73.9 cm³/mol. The molecule has 1 aromatic rings. The van der Waals surface area contributed by atoms with E-state index >= 15 is 0 Å². The monoisotopic (exact) mass is 252 g/mol. The van der Waals surface area contributed by atoms with Crippen LogP contribution in [0.4, 0.5) is 4.39 Å². The fourth-order valence-corrected chi connectivity index (χ4v) is 2.45. The lowest BCUT2D eigenvalue weighted by atomic mass is 9.87. The Morgan fingerprint density at radius 3 is 2.61 bits per heavy atom. The van der Waals surface area contributed by atoms with Crippen molar-refractivity contribution in [2.24, 2.45) is 5.92 Å². The zero-order chi connectivity index (χ0) is 13.4. The number of nitrogens with zero attached hydrogens (tertiary/aromatic N) is 1. The molecular formula is C15H25FN2. The average molecular weight is 252 g/mol. The fraction of sp³-hybridized carbons (Fsp3) is 0.667. The normalized spacial score (nSPS) is 14.4. The quantitative estimate of drug-likeness (QED) is 0.754. The van der Waals surface area contributed by atoms with Crippen LogP contribution in [0.1, 0.15) is 58.1 Å². The van der Waals surface area contributed by atoms with Gasteiger partial charge in [-0.3, -0.25) is 4.98 Å². The van der Waals surface area contributed by atoms with Crippen molar-refractivity contribution in [1.29, 1.82) is 0 Å². The standard InChI is InChI=1S/C15H25FN2/c1-4-7-8-12(5-2)15(18-6-3)13-9-14(16)11-17-10-13/h9-12,15,18H,4-8H2,1-3H3. The van der Waals surface area contributed by atoms with Crippen molar-refractivity contribution < 1.29 is 4.39 Å². The molecule has 0 fully saturated rings. The lowest BCUT2D eigenvalue weighted by molar-refractivity contribution is 0.326. The fourth-order valence-electron chi connectivity index (χ4n) is 2.45. The lowest BCUT2D eigenvalue weighted by Gasteiger charge is -2.27. The molecular weight excluding hydrogens is 227 g/mol. The van der Waals surface area contributed by atoms with Gasteiger partial charge in [-0.25, -0.2) is 4.39 Å². The van der Waals surface area contributed by atoms with E-state index in [1.54, 1.807) is 12.3 Å². The van der Waals surface area contributed by atoms with Gasteiger partial charge in [-0.1, -0.05) is 40.0 Å². The summed E-state index contributed by atoms with van der Waals surface area (Å²) in [5, 5.41) is 3.48. The molecule has 0 bridgehead atoms. The molecule has 0 aliphatic rings. The molecule has 0 aliphatic heterocycles. The van der Waals surface area contributed by atoms with Gasteiger partial charge in [-0.15, -0.1) is 0 Å². The Morgan fingerprint density at radius 2 is 2.06 bits per heavy atom. The highest BCUT2D eigenvalue weighted by atomic mass is 19.1. The van der Waals surface area contributed by atoms with Crippen molar-refractivity contribution >= 4 is 0 Å². The first-order chi connectivity index (χ1) is 8.72. The van der Waals surface area contributed by atoms with E-state index in [4.69, 9.17) is 0 Å². The van der Waals surface area contributed by atoms with Crippen LogP contribution in [0.25, 0.3) is 0 Å². The number of halogens is 1. The second kappa shape index (κ2) is 8.20. The largest absolute Gasteiger partial charge is 0.310 e. The maximum atomic E-state index is 13.3. The number of nitrogens with one attached hydrogen (secondary N) is 1. The maximum absolute atomic E-state index is 13.3. The first-order valence-electron chi connectivity index (χ1n) is 7.06. The molecule has 1 rings (SSSR count). The average Bonchev–Trinajstić information content (AvgIpc) is 2.38. The van der Waals surface area contributed by atoms with Gasteiger partial charge in [0, 0.05) is 12.2 Å². The van der Waals surface area contributed by atoms with Gasteiger partial charge in [0.15, 0.2) is 0 Å². The number of hydrogen-bond donors (Lipinski definition) is 1. The number of hydrogen-bond acceptors (Lipinski definition) is 2. The molecule has 1 N–H and O–H groups in total. The van der Waals surface area contributed by atoms with E-state index in [1.807, 2.05) is 0 Å². The molecule has 0 amide bonds. The number of aromatic nitrogens is 1.